The number of hydrogen-bond acceptors (Lipinski definition) is 5. The number of nitrogens with zero attached hydrogens (tertiary/aromatic N) is 3. The highest BCUT2D eigenvalue weighted by atomic mass is 19.4. The van der Waals surface area contributed by atoms with Gasteiger partial charge in [0.25, 0.3) is 0 Å². The summed E-state index contributed by atoms with van der Waals surface area (Å²) in [6.07, 6.45) is -3.11. The van der Waals surface area contributed by atoms with Crippen molar-refractivity contribution in [2.45, 2.75) is 105 Å². The zero-order chi connectivity index (χ0) is 34.7. The molecule has 0 aliphatic carbocycles. The topological polar surface area (TPSA) is 62.3 Å². The summed E-state index contributed by atoms with van der Waals surface area (Å²) >= 11 is 0. The molecule has 0 radical (unpaired) electrons. The minimum absolute atomic E-state index is 0.0767. The number of carbonyl (C=O) groups excluding carboxylic acids is 2. The van der Waals surface area contributed by atoms with E-state index in [0.717, 1.165) is 24.0 Å². The summed E-state index contributed by atoms with van der Waals surface area (Å²) in [4.78, 5) is 32.6. The van der Waals surface area contributed by atoms with E-state index in [1.165, 1.54) is 17.7 Å². The zero-order valence-corrected chi connectivity index (χ0v) is 29.2. The zero-order valence-electron chi connectivity index (χ0n) is 29.2. The second kappa shape index (κ2) is 14.5. The van der Waals surface area contributed by atoms with Crippen molar-refractivity contribution in [1.82, 2.24) is 14.7 Å². The van der Waals surface area contributed by atoms with Crippen LogP contribution in [0.2, 0.25) is 0 Å². The van der Waals surface area contributed by atoms with Crippen LogP contribution in [0.5, 0.6) is 5.75 Å². The highest BCUT2D eigenvalue weighted by Crippen LogP contribution is 2.39. The van der Waals surface area contributed by atoms with Gasteiger partial charge in [-0.2, -0.15) is 0 Å². The van der Waals surface area contributed by atoms with Gasteiger partial charge in [-0.25, -0.2) is 4.79 Å². The summed E-state index contributed by atoms with van der Waals surface area (Å²) in [5, 5.41) is 0. The molecule has 10 heteroatoms. The van der Waals surface area contributed by atoms with Gasteiger partial charge in [-0.3, -0.25) is 9.69 Å². The van der Waals surface area contributed by atoms with Crippen molar-refractivity contribution in [1.29, 1.82) is 0 Å². The predicted molar refractivity (Wildman–Crippen MR) is 177 cm³/mol. The van der Waals surface area contributed by atoms with Gasteiger partial charge < -0.3 is 19.3 Å². The number of hydrogen-bond donors (Lipinski definition) is 0. The molecule has 0 aromatic heterocycles. The van der Waals surface area contributed by atoms with Crippen LogP contribution in [0, 0.1) is 11.3 Å². The van der Waals surface area contributed by atoms with Crippen molar-refractivity contribution in [3.63, 3.8) is 0 Å². The average molecular weight is 660 g/mol. The van der Waals surface area contributed by atoms with Crippen molar-refractivity contribution in [3.8, 4) is 5.75 Å². The fourth-order valence-electron chi connectivity index (χ4n) is 6.81. The maximum Gasteiger partial charge on any atom is 0.573 e. The molecule has 2 unspecified atom stereocenters. The number of benzene rings is 2. The standard InChI is InChI=1S/C37H52F3N3O4/c1-25(2)29-11-9-10-12-30(29)33(27-13-15-28(16-14-27)46-37(38,39)40)42-21-22-43(31(24-42)35(3,4)5)32(44)23-26-17-19-41(20-18-26)34(45)47-36(6,7)8/h9-16,25-26,31,33H,17-24H2,1-8H3. The largest absolute Gasteiger partial charge is 0.573 e. The Labute approximate surface area is 278 Å². The maximum absolute atomic E-state index is 13.9. The number of amides is 2. The van der Waals surface area contributed by atoms with Crippen LogP contribution in [0.3, 0.4) is 0 Å². The first-order valence-corrected chi connectivity index (χ1v) is 16.8. The number of ether oxygens (including phenoxy) is 2. The van der Waals surface area contributed by atoms with E-state index in [1.807, 2.05) is 37.8 Å². The summed E-state index contributed by atoms with van der Waals surface area (Å²) in [7, 11) is 0. The van der Waals surface area contributed by atoms with Crippen molar-refractivity contribution in [2.75, 3.05) is 32.7 Å². The lowest BCUT2D eigenvalue weighted by atomic mass is 9.81. The van der Waals surface area contributed by atoms with E-state index in [2.05, 4.69) is 56.4 Å². The molecule has 2 aliphatic heterocycles. The molecule has 2 aliphatic rings. The molecule has 260 valence electrons. The number of piperidine rings is 1. The summed E-state index contributed by atoms with van der Waals surface area (Å²) in [5.41, 5.74) is 2.39. The fourth-order valence-corrected chi connectivity index (χ4v) is 6.81. The van der Waals surface area contributed by atoms with Gasteiger partial charge in [0.2, 0.25) is 5.91 Å². The Morgan fingerprint density at radius 2 is 1.45 bits per heavy atom. The number of likely N-dealkylation sites (tertiary alicyclic amines) is 1. The molecule has 47 heavy (non-hydrogen) atoms. The second-order valence-corrected chi connectivity index (χ2v) is 15.4. The summed E-state index contributed by atoms with van der Waals surface area (Å²) in [6.45, 7) is 19.3. The first-order valence-electron chi connectivity index (χ1n) is 16.8. The molecule has 2 heterocycles. The summed E-state index contributed by atoms with van der Waals surface area (Å²) < 4.78 is 48.5. The smallest absolute Gasteiger partial charge is 0.444 e. The molecule has 2 fully saturated rings. The molecule has 0 spiro atoms. The molecule has 2 aromatic rings. The molecular weight excluding hydrogens is 607 g/mol. The van der Waals surface area contributed by atoms with Gasteiger partial charge in [-0.15, -0.1) is 13.2 Å². The molecule has 0 N–H and O–H groups in total. The normalized spacial score (nSPS) is 19.5. The van der Waals surface area contributed by atoms with Crippen molar-refractivity contribution in [2.24, 2.45) is 11.3 Å². The van der Waals surface area contributed by atoms with Crippen LogP contribution < -0.4 is 4.74 Å². The molecule has 4 rings (SSSR count). The van der Waals surface area contributed by atoms with E-state index in [1.54, 1.807) is 17.0 Å². The molecule has 2 amide bonds. The number of alkyl halides is 3. The van der Waals surface area contributed by atoms with Gasteiger partial charge in [-0.05, 0) is 79.7 Å². The SMILES string of the molecule is CC(C)c1ccccc1C(c1ccc(OC(F)(F)F)cc1)N1CCN(C(=O)CC2CCN(C(=O)OC(C)(C)C)CC2)C(C(C)(C)C)C1. The Morgan fingerprint density at radius 1 is 0.851 bits per heavy atom. The van der Waals surface area contributed by atoms with E-state index in [9.17, 15) is 22.8 Å². The average Bonchev–Trinajstić information content (AvgIpc) is 2.96. The van der Waals surface area contributed by atoms with Gasteiger partial charge >= 0.3 is 12.5 Å². The fraction of sp³-hybridized carbons (Fsp3) is 0.622. The Morgan fingerprint density at radius 3 is 1.98 bits per heavy atom. The maximum atomic E-state index is 13.9. The lowest BCUT2D eigenvalue weighted by Gasteiger charge is -2.50. The lowest BCUT2D eigenvalue weighted by molar-refractivity contribution is -0.274. The van der Waals surface area contributed by atoms with Crippen molar-refractivity contribution >= 4 is 12.0 Å². The van der Waals surface area contributed by atoms with Gasteiger partial charge in [-0.1, -0.05) is 71.0 Å². The van der Waals surface area contributed by atoms with Gasteiger partial charge in [0.05, 0.1) is 6.04 Å². The Balaban J connectivity index is 1.54. The Bertz CT molecular complexity index is 1360. The highest BCUT2D eigenvalue weighted by Gasteiger charge is 2.41. The van der Waals surface area contributed by atoms with Crippen LogP contribution in [0.25, 0.3) is 0 Å². The minimum atomic E-state index is -4.76. The van der Waals surface area contributed by atoms with Gasteiger partial charge in [0.15, 0.2) is 0 Å². The number of rotatable bonds is 7. The number of halogens is 3. The monoisotopic (exact) mass is 659 g/mol. The summed E-state index contributed by atoms with van der Waals surface area (Å²) in [6, 6.07) is 14.1. The van der Waals surface area contributed by atoms with E-state index in [4.69, 9.17) is 4.74 Å². The third-order valence-corrected chi connectivity index (χ3v) is 9.17. The lowest BCUT2D eigenvalue weighted by Crippen LogP contribution is -2.60. The van der Waals surface area contributed by atoms with Gasteiger partial charge in [0.1, 0.15) is 11.4 Å². The minimum Gasteiger partial charge on any atom is -0.444 e. The van der Waals surface area contributed by atoms with Crippen LogP contribution in [0.15, 0.2) is 48.5 Å². The third kappa shape index (κ3) is 9.87. The van der Waals surface area contributed by atoms with Crippen LogP contribution in [-0.4, -0.2) is 77.4 Å². The molecule has 0 bridgehead atoms. The van der Waals surface area contributed by atoms with Crippen LogP contribution >= 0.6 is 0 Å². The predicted octanol–water partition coefficient (Wildman–Crippen LogP) is 8.39. The molecule has 2 aromatic carbocycles. The van der Waals surface area contributed by atoms with E-state index >= 15 is 0 Å². The van der Waals surface area contributed by atoms with Crippen LogP contribution in [-0.2, 0) is 9.53 Å². The first-order chi connectivity index (χ1) is 21.8. The quantitative estimate of drug-likeness (QED) is 0.299. The Hall–Kier alpha value is -3.27. The molecule has 0 saturated carbocycles. The number of carbonyl (C=O) groups is 2. The Kier molecular flexibility index (Phi) is 11.3. The highest BCUT2D eigenvalue weighted by molar-refractivity contribution is 5.77. The van der Waals surface area contributed by atoms with Crippen LogP contribution in [0.1, 0.15) is 103 Å². The first kappa shape index (κ1) is 36.6. The summed E-state index contributed by atoms with van der Waals surface area (Å²) in [5.74, 6) is 0.317. The molecular formula is C37H52F3N3O4. The van der Waals surface area contributed by atoms with Crippen molar-refractivity contribution in [3.05, 3.63) is 65.2 Å². The van der Waals surface area contributed by atoms with E-state index < -0.39 is 12.0 Å². The number of piperazine rings is 1. The second-order valence-electron chi connectivity index (χ2n) is 15.4. The van der Waals surface area contributed by atoms with E-state index in [-0.39, 0.29) is 47.1 Å². The van der Waals surface area contributed by atoms with E-state index in [0.29, 0.717) is 39.1 Å². The van der Waals surface area contributed by atoms with Crippen molar-refractivity contribution < 1.29 is 32.2 Å². The van der Waals surface area contributed by atoms with Crippen LogP contribution in [0.4, 0.5) is 18.0 Å². The third-order valence-electron chi connectivity index (χ3n) is 9.17. The molecule has 2 atom stereocenters. The molecule has 7 nitrogen and oxygen atoms in total. The van der Waals surface area contributed by atoms with Gasteiger partial charge in [0, 0.05) is 45.2 Å². The molecule has 2 saturated heterocycles.